The van der Waals surface area contributed by atoms with E-state index >= 15 is 0 Å². The Morgan fingerprint density at radius 3 is 2.28 bits per heavy atom. The van der Waals surface area contributed by atoms with Crippen molar-refractivity contribution in [2.45, 2.75) is 11.3 Å². The van der Waals surface area contributed by atoms with Crippen molar-refractivity contribution in [1.29, 1.82) is 0 Å². The summed E-state index contributed by atoms with van der Waals surface area (Å²) in [6.45, 7) is 0.789. The molecule has 0 saturated heterocycles. The number of nitrogens with two attached hydrogens (primary N) is 2. The molecule has 0 aliphatic rings. The molecule has 0 unspecified atom stereocenters. The molecule has 0 bridgehead atoms. The summed E-state index contributed by atoms with van der Waals surface area (Å²) in [5, 5.41) is 0. The van der Waals surface area contributed by atoms with E-state index in [4.69, 9.17) is 11.5 Å². The monoisotopic (exact) mass is 271 g/mol. The van der Waals surface area contributed by atoms with Gasteiger partial charge in [0.15, 0.2) is 0 Å². The molecule has 0 aliphatic carbocycles. The third kappa shape index (κ3) is 3.28. The lowest BCUT2D eigenvalue weighted by Gasteiger charge is -2.16. The van der Waals surface area contributed by atoms with Crippen LogP contribution in [0.2, 0.25) is 0 Å². The second-order valence-electron chi connectivity index (χ2n) is 3.86. The number of benzene rings is 1. The molecule has 100 valence electrons. The summed E-state index contributed by atoms with van der Waals surface area (Å²) in [6.07, 6.45) is 0.592. The highest BCUT2D eigenvalue weighted by Crippen LogP contribution is 2.15. The minimum Gasteiger partial charge on any atom is -0.366 e. The lowest BCUT2D eigenvalue weighted by molar-refractivity contribution is 0.1000. The van der Waals surface area contributed by atoms with Gasteiger partial charge in [0.1, 0.15) is 0 Å². The predicted molar refractivity (Wildman–Crippen MR) is 68.4 cm³/mol. The van der Waals surface area contributed by atoms with E-state index in [-0.39, 0.29) is 10.5 Å². The molecule has 0 fully saturated rings. The second-order valence-corrected chi connectivity index (χ2v) is 5.90. The highest BCUT2D eigenvalue weighted by Gasteiger charge is 2.20. The molecular formula is C11H17N3O3S. The minimum atomic E-state index is -3.53. The summed E-state index contributed by atoms with van der Waals surface area (Å²) in [4.78, 5) is 11.0. The van der Waals surface area contributed by atoms with E-state index in [2.05, 4.69) is 0 Å². The van der Waals surface area contributed by atoms with Crippen LogP contribution >= 0.6 is 0 Å². The van der Waals surface area contributed by atoms with E-state index in [1.807, 2.05) is 0 Å². The zero-order chi connectivity index (χ0) is 13.8. The topological polar surface area (TPSA) is 106 Å². The van der Waals surface area contributed by atoms with E-state index in [1.54, 1.807) is 0 Å². The third-order valence-corrected chi connectivity index (χ3v) is 4.40. The number of rotatable bonds is 6. The van der Waals surface area contributed by atoms with Gasteiger partial charge in [-0.2, -0.15) is 0 Å². The van der Waals surface area contributed by atoms with Crippen molar-refractivity contribution in [3.05, 3.63) is 29.8 Å². The maximum Gasteiger partial charge on any atom is 0.248 e. The quantitative estimate of drug-likeness (QED) is 0.744. The maximum atomic E-state index is 12.1. The Kier molecular flexibility index (Phi) is 4.83. The van der Waals surface area contributed by atoms with Gasteiger partial charge in [-0.05, 0) is 37.2 Å². The maximum absolute atomic E-state index is 12.1. The zero-order valence-electron chi connectivity index (χ0n) is 10.2. The number of carbonyl (C=O) groups excluding carboxylic acids is 1. The van der Waals surface area contributed by atoms with E-state index in [1.165, 1.54) is 35.6 Å². The number of nitrogens with zero attached hydrogens (tertiary/aromatic N) is 1. The van der Waals surface area contributed by atoms with Crippen LogP contribution in [0.25, 0.3) is 0 Å². The van der Waals surface area contributed by atoms with Crippen LogP contribution in [0.1, 0.15) is 16.8 Å². The van der Waals surface area contributed by atoms with Crippen molar-refractivity contribution in [3.8, 4) is 0 Å². The molecule has 6 nitrogen and oxygen atoms in total. The minimum absolute atomic E-state index is 0.132. The summed E-state index contributed by atoms with van der Waals surface area (Å²) in [7, 11) is -2.03. The van der Waals surface area contributed by atoms with Crippen LogP contribution in [0, 0.1) is 0 Å². The number of hydrogen-bond acceptors (Lipinski definition) is 4. The first kappa shape index (κ1) is 14.6. The number of amides is 1. The van der Waals surface area contributed by atoms with E-state index in [0.29, 0.717) is 19.5 Å². The molecule has 4 N–H and O–H groups in total. The zero-order valence-corrected chi connectivity index (χ0v) is 11.0. The summed E-state index contributed by atoms with van der Waals surface area (Å²) in [5.41, 5.74) is 10.7. The molecule has 0 aliphatic heterocycles. The van der Waals surface area contributed by atoms with E-state index < -0.39 is 15.9 Å². The molecule has 0 heterocycles. The Balaban J connectivity index is 2.94. The molecule has 1 aromatic carbocycles. The Labute approximate surface area is 107 Å². The fraction of sp³-hybridized carbons (Fsp3) is 0.364. The molecule has 1 aromatic rings. The smallest absolute Gasteiger partial charge is 0.248 e. The molecule has 18 heavy (non-hydrogen) atoms. The van der Waals surface area contributed by atoms with Gasteiger partial charge in [0.25, 0.3) is 0 Å². The van der Waals surface area contributed by atoms with Crippen LogP contribution in [0.3, 0.4) is 0 Å². The standard InChI is InChI=1S/C11H17N3O3S/c1-14(8-2-7-12)18(16,17)10-5-3-9(4-6-10)11(13)15/h3-6H,2,7-8,12H2,1H3,(H2,13,15). The first-order valence-electron chi connectivity index (χ1n) is 5.46. The molecule has 0 spiro atoms. The van der Waals surface area contributed by atoms with Crippen molar-refractivity contribution in [2.75, 3.05) is 20.1 Å². The van der Waals surface area contributed by atoms with Gasteiger partial charge in [-0.3, -0.25) is 4.79 Å². The van der Waals surface area contributed by atoms with Crippen molar-refractivity contribution in [2.24, 2.45) is 11.5 Å². The van der Waals surface area contributed by atoms with Gasteiger partial charge in [0, 0.05) is 19.2 Å². The average molecular weight is 271 g/mol. The average Bonchev–Trinajstić information content (AvgIpc) is 2.35. The molecule has 1 amide bonds. The van der Waals surface area contributed by atoms with Gasteiger partial charge >= 0.3 is 0 Å². The molecule has 0 saturated carbocycles. The summed E-state index contributed by atoms with van der Waals surface area (Å²) in [5.74, 6) is -0.588. The Bertz CT molecular complexity index is 511. The number of primary amides is 1. The van der Waals surface area contributed by atoms with Gasteiger partial charge < -0.3 is 11.5 Å². The van der Waals surface area contributed by atoms with Crippen molar-refractivity contribution in [1.82, 2.24) is 4.31 Å². The number of hydrogen-bond donors (Lipinski definition) is 2. The van der Waals surface area contributed by atoms with Crippen LogP contribution in [0.5, 0.6) is 0 Å². The van der Waals surface area contributed by atoms with Gasteiger partial charge in [0.2, 0.25) is 15.9 Å². The molecular weight excluding hydrogens is 254 g/mol. The van der Waals surface area contributed by atoms with E-state index in [0.717, 1.165) is 0 Å². The molecule has 0 atom stereocenters. The predicted octanol–water partition coefficient (Wildman–Crippen LogP) is -0.245. The van der Waals surface area contributed by atoms with Crippen LogP contribution in [-0.2, 0) is 10.0 Å². The molecule has 0 aromatic heterocycles. The highest BCUT2D eigenvalue weighted by atomic mass is 32.2. The SMILES string of the molecule is CN(CCCN)S(=O)(=O)c1ccc(C(N)=O)cc1. The summed E-state index contributed by atoms with van der Waals surface area (Å²) in [6, 6.07) is 5.53. The Hall–Kier alpha value is -1.44. The molecule has 7 heteroatoms. The molecule has 0 radical (unpaired) electrons. The fourth-order valence-electron chi connectivity index (χ4n) is 1.41. The Morgan fingerprint density at radius 1 is 1.28 bits per heavy atom. The second kappa shape index (κ2) is 5.94. The normalized spacial score (nSPS) is 11.7. The van der Waals surface area contributed by atoms with E-state index in [9.17, 15) is 13.2 Å². The summed E-state index contributed by atoms with van der Waals surface area (Å²) >= 11 is 0. The first-order chi connectivity index (χ1) is 8.39. The first-order valence-corrected chi connectivity index (χ1v) is 6.90. The third-order valence-electron chi connectivity index (χ3n) is 2.52. The van der Waals surface area contributed by atoms with Crippen molar-refractivity contribution >= 4 is 15.9 Å². The van der Waals surface area contributed by atoms with Gasteiger partial charge in [-0.25, -0.2) is 12.7 Å². The van der Waals surface area contributed by atoms with Gasteiger partial charge in [0.05, 0.1) is 4.90 Å². The number of sulfonamides is 1. The molecule has 1 rings (SSSR count). The Morgan fingerprint density at radius 2 is 1.83 bits per heavy atom. The fourth-order valence-corrected chi connectivity index (χ4v) is 2.61. The summed E-state index contributed by atoms with van der Waals surface area (Å²) < 4.78 is 25.4. The van der Waals surface area contributed by atoms with Crippen LogP contribution in [-0.4, -0.2) is 38.8 Å². The lowest BCUT2D eigenvalue weighted by Crippen LogP contribution is -2.29. The van der Waals surface area contributed by atoms with Gasteiger partial charge in [-0.15, -0.1) is 0 Å². The van der Waals surface area contributed by atoms with Gasteiger partial charge in [-0.1, -0.05) is 0 Å². The number of carbonyl (C=O) groups is 1. The highest BCUT2D eigenvalue weighted by molar-refractivity contribution is 7.89. The largest absolute Gasteiger partial charge is 0.366 e. The van der Waals surface area contributed by atoms with Crippen LogP contribution in [0.4, 0.5) is 0 Å². The lowest BCUT2D eigenvalue weighted by atomic mass is 10.2. The van der Waals surface area contributed by atoms with Crippen LogP contribution in [0.15, 0.2) is 29.2 Å². The van der Waals surface area contributed by atoms with Crippen LogP contribution < -0.4 is 11.5 Å². The van der Waals surface area contributed by atoms with Crippen molar-refractivity contribution < 1.29 is 13.2 Å². The van der Waals surface area contributed by atoms with Crippen molar-refractivity contribution in [3.63, 3.8) is 0 Å².